The van der Waals surface area contributed by atoms with E-state index in [1.807, 2.05) is 9.80 Å². The van der Waals surface area contributed by atoms with Gasteiger partial charge in [-0.1, -0.05) is 48.0 Å². The van der Waals surface area contributed by atoms with Gasteiger partial charge in [0.05, 0.1) is 9.81 Å². The van der Waals surface area contributed by atoms with Gasteiger partial charge in [0.2, 0.25) is 11.8 Å². The van der Waals surface area contributed by atoms with Crippen molar-refractivity contribution in [1.29, 1.82) is 0 Å². The van der Waals surface area contributed by atoms with Crippen molar-refractivity contribution in [3.63, 3.8) is 0 Å². The highest BCUT2D eigenvalue weighted by molar-refractivity contribution is 8.29. The van der Waals surface area contributed by atoms with E-state index in [9.17, 15) is 19.2 Å². The molecule has 0 atom stereocenters. The van der Waals surface area contributed by atoms with Crippen molar-refractivity contribution in [2.75, 3.05) is 39.3 Å². The zero-order chi connectivity index (χ0) is 24.2. The van der Waals surface area contributed by atoms with E-state index in [4.69, 9.17) is 24.4 Å². The maximum absolute atomic E-state index is 13.0. The van der Waals surface area contributed by atoms with Crippen molar-refractivity contribution in [2.24, 2.45) is 0 Å². The Morgan fingerprint density at radius 2 is 1.03 bits per heavy atom. The van der Waals surface area contributed by atoms with Gasteiger partial charge in [0.1, 0.15) is 8.64 Å². The highest BCUT2D eigenvalue weighted by Gasteiger charge is 2.41. The molecule has 0 aromatic rings. The lowest BCUT2D eigenvalue weighted by molar-refractivity contribution is -0.131. The van der Waals surface area contributed by atoms with Crippen LogP contribution in [0.1, 0.15) is 51.4 Å². The van der Waals surface area contributed by atoms with Gasteiger partial charge in [-0.25, -0.2) is 0 Å². The predicted molar refractivity (Wildman–Crippen MR) is 141 cm³/mol. The molecule has 0 spiro atoms. The zero-order valence-corrected chi connectivity index (χ0v) is 22.2. The minimum atomic E-state index is -0.298. The molecule has 0 bridgehead atoms. The van der Waals surface area contributed by atoms with Gasteiger partial charge in [-0.2, -0.15) is 0 Å². The molecule has 0 N–H and O–H groups in total. The third kappa shape index (κ3) is 5.66. The first-order valence-electron chi connectivity index (χ1n) is 11.7. The summed E-state index contributed by atoms with van der Waals surface area (Å²) in [7, 11) is 0. The van der Waals surface area contributed by atoms with Crippen LogP contribution in [0.15, 0.2) is 9.81 Å². The fourth-order valence-electron chi connectivity index (χ4n) is 4.48. The van der Waals surface area contributed by atoms with Crippen LogP contribution >= 0.6 is 48.0 Å². The summed E-state index contributed by atoms with van der Waals surface area (Å²) in [5.74, 6) is -0.360. The first kappa shape index (κ1) is 25.6. The molecule has 0 aliphatic carbocycles. The lowest BCUT2D eigenvalue weighted by atomic mass is 10.2. The maximum atomic E-state index is 13.0. The van der Waals surface area contributed by atoms with E-state index in [1.165, 1.54) is 9.80 Å². The number of likely N-dealkylation sites (tertiary alicyclic amines) is 2. The van der Waals surface area contributed by atoms with Gasteiger partial charge in [0.15, 0.2) is 0 Å². The molecule has 4 rings (SSSR count). The second-order valence-corrected chi connectivity index (χ2v) is 12.0. The number of carbonyl (C=O) groups is 4. The predicted octanol–water partition coefficient (Wildman–Crippen LogP) is 2.72. The van der Waals surface area contributed by atoms with Crippen molar-refractivity contribution < 1.29 is 19.2 Å². The molecule has 4 fully saturated rings. The molecule has 4 heterocycles. The largest absolute Gasteiger partial charge is 0.343 e. The molecule has 4 aliphatic rings. The Labute approximate surface area is 218 Å². The average Bonchev–Trinajstić information content (AvgIpc) is 3.61. The normalized spacial score (nSPS) is 23.3. The van der Waals surface area contributed by atoms with Crippen LogP contribution in [0, 0.1) is 0 Å². The zero-order valence-electron chi connectivity index (χ0n) is 19.0. The quantitative estimate of drug-likeness (QED) is 0.344. The third-order valence-electron chi connectivity index (χ3n) is 6.37. The number of amides is 4. The summed E-state index contributed by atoms with van der Waals surface area (Å²) in [5, 5.41) is 0. The molecule has 8 nitrogen and oxygen atoms in total. The van der Waals surface area contributed by atoms with Gasteiger partial charge in [0, 0.05) is 52.1 Å². The number of nitrogens with zero attached hydrogens (tertiary/aromatic N) is 4. The third-order valence-corrected chi connectivity index (χ3v) is 9.39. The summed E-state index contributed by atoms with van der Waals surface area (Å²) in [6.45, 7) is 3.96. The van der Waals surface area contributed by atoms with Crippen LogP contribution in [0.4, 0.5) is 0 Å². The molecule has 4 amide bonds. The van der Waals surface area contributed by atoms with Gasteiger partial charge in [0.25, 0.3) is 11.8 Å². The lowest BCUT2D eigenvalue weighted by Crippen LogP contribution is -2.33. The van der Waals surface area contributed by atoms with Crippen LogP contribution in [0.3, 0.4) is 0 Å². The second kappa shape index (κ2) is 11.5. The highest BCUT2D eigenvalue weighted by atomic mass is 32.2. The van der Waals surface area contributed by atoms with E-state index in [0.29, 0.717) is 57.2 Å². The molecule has 0 saturated carbocycles. The molecular formula is C22H28N4O4S4. The van der Waals surface area contributed by atoms with Crippen molar-refractivity contribution in [3.8, 4) is 0 Å². The molecule has 4 aliphatic heterocycles. The Balaban J connectivity index is 1.30. The number of carbonyl (C=O) groups excluding carboxylic acids is 4. The van der Waals surface area contributed by atoms with Crippen LogP contribution in [0.2, 0.25) is 0 Å². The van der Waals surface area contributed by atoms with Crippen molar-refractivity contribution in [1.82, 2.24) is 19.6 Å². The monoisotopic (exact) mass is 540 g/mol. The van der Waals surface area contributed by atoms with Crippen LogP contribution in [0.5, 0.6) is 0 Å². The fraction of sp³-hybridized carbons (Fsp3) is 0.636. The summed E-state index contributed by atoms with van der Waals surface area (Å²) in [6.07, 6.45) is 6.01. The Morgan fingerprint density at radius 3 is 1.38 bits per heavy atom. The Bertz CT molecular complexity index is 867. The molecule has 34 heavy (non-hydrogen) atoms. The molecule has 4 saturated heterocycles. The Kier molecular flexibility index (Phi) is 8.65. The first-order valence-corrected chi connectivity index (χ1v) is 14.2. The Morgan fingerprint density at radius 1 is 0.676 bits per heavy atom. The van der Waals surface area contributed by atoms with E-state index in [2.05, 4.69) is 0 Å². The summed E-state index contributed by atoms with van der Waals surface area (Å²) >= 11 is 13.0. The van der Waals surface area contributed by atoms with Crippen LogP contribution in [-0.4, -0.2) is 91.1 Å². The summed E-state index contributed by atoms with van der Waals surface area (Å²) < 4.78 is 0.796. The van der Waals surface area contributed by atoms with Crippen molar-refractivity contribution >= 4 is 80.2 Å². The number of rotatable bonds is 8. The van der Waals surface area contributed by atoms with Gasteiger partial charge < -0.3 is 9.80 Å². The molecular weight excluding hydrogens is 513 g/mol. The van der Waals surface area contributed by atoms with Crippen LogP contribution in [-0.2, 0) is 19.2 Å². The lowest BCUT2D eigenvalue weighted by Gasteiger charge is -2.17. The van der Waals surface area contributed by atoms with E-state index in [0.717, 1.165) is 75.4 Å². The summed E-state index contributed by atoms with van der Waals surface area (Å²) in [4.78, 5) is 57.9. The molecule has 12 heteroatoms. The standard InChI is InChI=1S/C22H28N4O4S4/c27-15(23-9-1-2-10-23)7-5-13-25-19(29)17(33-21(25)31)18-20(30)26(22(32)34-18)14-6-8-16(28)24-11-3-4-12-24/h1-14H2/b18-17+. The number of hydrogen-bond acceptors (Lipinski definition) is 8. The van der Waals surface area contributed by atoms with Gasteiger partial charge in [-0.05, 0) is 38.5 Å². The summed E-state index contributed by atoms with van der Waals surface area (Å²) in [5.41, 5.74) is 0. The highest BCUT2D eigenvalue weighted by Crippen LogP contribution is 2.42. The van der Waals surface area contributed by atoms with E-state index in [-0.39, 0.29) is 23.6 Å². The topological polar surface area (TPSA) is 81.2 Å². The van der Waals surface area contributed by atoms with Gasteiger partial charge in [-0.15, -0.1) is 0 Å². The molecule has 184 valence electrons. The fourth-order valence-corrected chi connectivity index (χ4v) is 7.25. The second-order valence-electron chi connectivity index (χ2n) is 8.69. The number of thioether (sulfide) groups is 2. The maximum Gasteiger partial charge on any atom is 0.267 e. The van der Waals surface area contributed by atoms with Gasteiger partial charge in [-0.3, -0.25) is 29.0 Å². The minimum absolute atomic E-state index is 0.118. The van der Waals surface area contributed by atoms with E-state index in [1.54, 1.807) is 0 Å². The van der Waals surface area contributed by atoms with Crippen LogP contribution in [0.25, 0.3) is 0 Å². The SMILES string of the molecule is O=C(CCCN1C(=O)/C(=C2\SC(=S)N(CCCC(=O)N3CCCC3)C2=O)SC1=S)N1CCCC1. The van der Waals surface area contributed by atoms with Crippen LogP contribution < -0.4 is 0 Å². The minimum Gasteiger partial charge on any atom is -0.343 e. The molecule has 0 aromatic carbocycles. The summed E-state index contributed by atoms with van der Waals surface area (Å²) in [6, 6.07) is 0. The van der Waals surface area contributed by atoms with E-state index < -0.39 is 0 Å². The van der Waals surface area contributed by atoms with Crippen molar-refractivity contribution in [3.05, 3.63) is 9.81 Å². The number of thiocarbonyl (C=S) groups is 2. The molecule has 0 aromatic heterocycles. The molecule has 0 unspecified atom stereocenters. The van der Waals surface area contributed by atoms with Gasteiger partial charge >= 0.3 is 0 Å². The Hall–Kier alpha value is -1.50. The smallest absolute Gasteiger partial charge is 0.267 e. The van der Waals surface area contributed by atoms with Crippen molar-refractivity contribution in [2.45, 2.75) is 51.4 Å². The number of hydrogen-bond donors (Lipinski definition) is 0. The molecule has 0 radical (unpaired) electrons. The van der Waals surface area contributed by atoms with E-state index >= 15 is 0 Å². The first-order chi connectivity index (χ1) is 16.4. The average molecular weight is 541 g/mol.